The monoisotopic (exact) mass is 489 g/mol. The maximum absolute atomic E-state index is 13.2. The lowest BCUT2D eigenvalue weighted by Gasteiger charge is -2.38. The van der Waals surface area contributed by atoms with Gasteiger partial charge in [-0.05, 0) is 55.7 Å². The first-order valence-corrected chi connectivity index (χ1v) is 13.1. The summed E-state index contributed by atoms with van der Waals surface area (Å²) in [5.41, 5.74) is 3.14. The van der Waals surface area contributed by atoms with Crippen LogP contribution in [0.25, 0.3) is 0 Å². The second-order valence-corrected chi connectivity index (χ2v) is 9.99. The number of fused-ring (bicyclic) bond motifs is 1. The molecule has 190 valence electrons. The van der Waals surface area contributed by atoms with Crippen molar-refractivity contribution in [3.63, 3.8) is 0 Å². The number of anilines is 1. The molecule has 8 heteroatoms. The van der Waals surface area contributed by atoms with E-state index in [2.05, 4.69) is 16.7 Å². The maximum Gasteiger partial charge on any atom is 0.322 e. The van der Waals surface area contributed by atoms with Crippen LogP contribution in [0.3, 0.4) is 0 Å². The van der Waals surface area contributed by atoms with Crippen LogP contribution in [0.15, 0.2) is 54.6 Å². The van der Waals surface area contributed by atoms with Crippen molar-refractivity contribution in [2.75, 3.05) is 31.5 Å². The normalized spacial score (nSPS) is 21.3. The third-order valence-corrected chi connectivity index (χ3v) is 7.63. The summed E-state index contributed by atoms with van der Waals surface area (Å²) >= 11 is 0. The first-order chi connectivity index (χ1) is 17.6. The molecule has 1 atom stereocenters. The number of likely N-dealkylation sites (tertiary alicyclic amines) is 2. The van der Waals surface area contributed by atoms with E-state index in [-0.39, 0.29) is 24.0 Å². The lowest BCUT2D eigenvalue weighted by Crippen LogP contribution is -2.55. The summed E-state index contributed by atoms with van der Waals surface area (Å²) in [6.07, 6.45) is 4.81. The summed E-state index contributed by atoms with van der Waals surface area (Å²) in [4.78, 5) is 44.8. The molecule has 2 saturated heterocycles. The molecule has 2 fully saturated rings. The largest absolute Gasteiger partial charge is 0.337 e. The van der Waals surface area contributed by atoms with E-state index in [0.29, 0.717) is 39.1 Å². The molecule has 0 aliphatic carbocycles. The molecule has 0 bridgehead atoms. The molecule has 5 amide bonds. The zero-order valence-electron chi connectivity index (χ0n) is 20.7. The van der Waals surface area contributed by atoms with Crippen molar-refractivity contribution in [3.8, 4) is 0 Å². The Balaban J connectivity index is 1.14. The highest BCUT2D eigenvalue weighted by Gasteiger charge is 2.33. The van der Waals surface area contributed by atoms with Crippen LogP contribution in [0.1, 0.15) is 43.2 Å². The number of carbonyl (C=O) groups excluding carboxylic acids is 3. The molecule has 0 saturated carbocycles. The van der Waals surface area contributed by atoms with Gasteiger partial charge in [-0.25, -0.2) is 9.59 Å². The quantitative estimate of drug-likeness (QED) is 0.685. The number of carbonyl (C=O) groups is 3. The van der Waals surface area contributed by atoms with E-state index >= 15 is 0 Å². The van der Waals surface area contributed by atoms with Gasteiger partial charge in [0.05, 0.1) is 0 Å². The van der Waals surface area contributed by atoms with E-state index in [1.807, 2.05) is 58.3 Å². The van der Waals surface area contributed by atoms with Crippen LogP contribution >= 0.6 is 0 Å². The van der Waals surface area contributed by atoms with Crippen LogP contribution in [-0.4, -0.2) is 70.9 Å². The molecule has 36 heavy (non-hydrogen) atoms. The van der Waals surface area contributed by atoms with E-state index < -0.39 is 6.04 Å². The Morgan fingerprint density at radius 3 is 2.44 bits per heavy atom. The number of para-hydroxylation sites is 1. The summed E-state index contributed by atoms with van der Waals surface area (Å²) in [6.45, 7) is 3.10. The maximum atomic E-state index is 13.2. The molecule has 5 rings (SSSR count). The van der Waals surface area contributed by atoms with Crippen LogP contribution in [0.4, 0.5) is 15.3 Å². The first kappa shape index (κ1) is 24.2. The standard InChI is InChI=1S/C28H35N5O3/c34-26-25(12-6-7-16-32(26)20-21-8-2-1-3-9-21)30-27(35)31-17-14-23(15-18-31)33-19-13-22-10-4-5-11-24(22)29-28(33)36/h1-5,8-11,23,25H,6-7,12-20H2,(H,29,36)(H,30,35). The van der Waals surface area contributed by atoms with Gasteiger partial charge in [-0.2, -0.15) is 0 Å². The highest BCUT2D eigenvalue weighted by atomic mass is 16.2. The van der Waals surface area contributed by atoms with Gasteiger partial charge in [-0.15, -0.1) is 0 Å². The fourth-order valence-corrected chi connectivity index (χ4v) is 5.56. The molecular formula is C28H35N5O3. The molecule has 8 nitrogen and oxygen atoms in total. The van der Waals surface area contributed by atoms with Crippen LogP contribution < -0.4 is 10.6 Å². The minimum atomic E-state index is -0.490. The molecule has 0 spiro atoms. The second-order valence-electron chi connectivity index (χ2n) is 9.99. The van der Waals surface area contributed by atoms with Crippen molar-refractivity contribution in [2.45, 2.75) is 57.2 Å². The topological polar surface area (TPSA) is 85.0 Å². The van der Waals surface area contributed by atoms with Gasteiger partial charge in [0.25, 0.3) is 0 Å². The average molecular weight is 490 g/mol. The van der Waals surface area contributed by atoms with E-state index in [4.69, 9.17) is 0 Å². The summed E-state index contributed by atoms with van der Waals surface area (Å²) in [5, 5.41) is 6.06. The van der Waals surface area contributed by atoms with Crippen molar-refractivity contribution < 1.29 is 14.4 Å². The first-order valence-electron chi connectivity index (χ1n) is 13.1. The van der Waals surface area contributed by atoms with Gasteiger partial charge in [0.1, 0.15) is 6.04 Å². The Hall–Kier alpha value is -3.55. The smallest absolute Gasteiger partial charge is 0.322 e. The number of piperidine rings is 1. The van der Waals surface area contributed by atoms with Gasteiger partial charge >= 0.3 is 12.1 Å². The van der Waals surface area contributed by atoms with Gasteiger partial charge in [0.2, 0.25) is 5.91 Å². The van der Waals surface area contributed by atoms with Crippen LogP contribution in [0.2, 0.25) is 0 Å². The van der Waals surface area contributed by atoms with Crippen LogP contribution in [-0.2, 0) is 17.8 Å². The highest BCUT2D eigenvalue weighted by Crippen LogP contribution is 2.25. The van der Waals surface area contributed by atoms with Crippen LogP contribution in [0, 0.1) is 0 Å². The van der Waals surface area contributed by atoms with Crippen molar-refractivity contribution >= 4 is 23.7 Å². The molecular weight excluding hydrogens is 454 g/mol. The molecule has 0 radical (unpaired) electrons. The van der Waals surface area contributed by atoms with Crippen molar-refractivity contribution in [1.82, 2.24) is 20.0 Å². The summed E-state index contributed by atoms with van der Waals surface area (Å²) < 4.78 is 0. The molecule has 2 aromatic rings. The van der Waals surface area contributed by atoms with E-state index in [9.17, 15) is 14.4 Å². The number of rotatable bonds is 4. The minimum absolute atomic E-state index is 0.000364. The second kappa shape index (κ2) is 11.0. The predicted octanol–water partition coefficient (Wildman–Crippen LogP) is 3.83. The number of amides is 5. The third kappa shape index (κ3) is 5.48. The Kier molecular flexibility index (Phi) is 7.39. The number of nitrogens with zero attached hydrogens (tertiary/aromatic N) is 3. The summed E-state index contributed by atoms with van der Waals surface area (Å²) in [5.74, 6) is 0.000364. The zero-order chi connectivity index (χ0) is 24.9. The summed E-state index contributed by atoms with van der Waals surface area (Å²) in [7, 11) is 0. The molecule has 0 aromatic heterocycles. The van der Waals surface area contributed by atoms with Gasteiger partial charge in [0.15, 0.2) is 0 Å². The lowest BCUT2D eigenvalue weighted by atomic mass is 10.0. The Bertz CT molecular complexity index is 1080. The van der Waals surface area contributed by atoms with Crippen LogP contribution in [0.5, 0.6) is 0 Å². The molecule has 2 aromatic carbocycles. The molecule has 1 unspecified atom stereocenters. The zero-order valence-corrected chi connectivity index (χ0v) is 20.7. The van der Waals surface area contributed by atoms with Crippen molar-refractivity contribution in [3.05, 3.63) is 65.7 Å². The fraction of sp³-hybridized carbons (Fsp3) is 0.464. The van der Waals surface area contributed by atoms with Gasteiger partial charge < -0.3 is 25.3 Å². The van der Waals surface area contributed by atoms with Crippen molar-refractivity contribution in [1.29, 1.82) is 0 Å². The van der Waals surface area contributed by atoms with E-state index in [1.54, 1.807) is 4.90 Å². The van der Waals surface area contributed by atoms with Gasteiger partial charge in [0, 0.05) is 44.5 Å². The number of benzene rings is 2. The minimum Gasteiger partial charge on any atom is -0.337 e. The molecule has 3 aliphatic rings. The van der Waals surface area contributed by atoms with Gasteiger partial charge in [-0.1, -0.05) is 48.5 Å². The Labute approximate surface area is 212 Å². The Morgan fingerprint density at radius 2 is 1.64 bits per heavy atom. The average Bonchev–Trinajstić information content (AvgIpc) is 3.18. The number of hydrogen-bond donors (Lipinski definition) is 2. The third-order valence-electron chi connectivity index (χ3n) is 7.63. The number of urea groups is 2. The van der Waals surface area contributed by atoms with Gasteiger partial charge in [-0.3, -0.25) is 4.79 Å². The molecule has 2 N–H and O–H groups in total. The fourth-order valence-electron chi connectivity index (χ4n) is 5.56. The van der Waals surface area contributed by atoms with E-state index in [1.165, 1.54) is 0 Å². The Morgan fingerprint density at radius 1 is 0.889 bits per heavy atom. The van der Waals surface area contributed by atoms with E-state index in [0.717, 1.165) is 48.9 Å². The lowest BCUT2D eigenvalue weighted by molar-refractivity contribution is -0.133. The van der Waals surface area contributed by atoms with Crippen molar-refractivity contribution in [2.24, 2.45) is 0 Å². The predicted molar refractivity (Wildman–Crippen MR) is 138 cm³/mol. The highest BCUT2D eigenvalue weighted by molar-refractivity contribution is 5.91. The SMILES string of the molecule is O=C(NC1CCCCN(Cc2ccccc2)C1=O)N1CCC(N2CCc3ccccc3NC2=O)CC1. The molecule has 3 heterocycles. The molecule has 3 aliphatic heterocycles. The summed E-state index contributed by atoms with van der Waals surface area (Å²) in [6, 6.07) is 17.3. The number of nitrogens with one attached hydrogen (secondary N) is 2. The number of hydrogen-bond acceptors (Lipinski definition) is 3.